The lowest BCUT2D eigenvalue weighted by Crippen LogP contribution is -2.67. The zero-order valence-electron chi connectivity index (χ0n) is 32.5. The van der Waals surface area contributed by atoms with Crippen molar-refractivity contribution in [3.8, 4) is 0 Å². The number of aliphatic hydroxyl groups excluding tert-OH is 1. The average Bonchev–Trinajstić information content (AvgIpc) is 3.29. The van der Waals surface area contributed by atoms with E-state index in [0.717, 1.165) is 31.4 Å². The van der Waals surface area contributed by atoms with Crippen LogP contribution in [0.4, 0.5) is 0 Å². The monoisotopic (exact) mass is 948 g/mol. The maximum absolute atomic E-state index is 12.2. The van der Waals surface area contributed by atoms with E-state index < -0.39 is 74.0 Å². The minimum Gasteiger partial charge on any atom is -0.385 e. The van der Waals surface area contributed by atoms with Crippen LogP contribution in [0.25, 0.3) is 0 Å². The van der Waals surface area contributed by atoms with Crippen LogP contribution in [-0.4, -0.2) is 79.7 Å². The summed E-state index contributed by atoms with van der Waals surface area (Å²) in [5.41, 5.74) is 4.50. The number of hydrogen-bond donors (Lipinski definition) is 1. The lowest BCUT2D eigenvalue weighted by atomic mass is 9.96. The quantitative estimate of drug-likeness (QED) is 0.116. The SMILES string of the molecule is O[C@H]1[C@@H](O[C@H]2O[C@@H]3CO[C@@H](c4ccccc4)O[C@H]3[C@H](OCc3ccc(Cl)cc3)[C@H]2OCc2ccc(I)cc2)O[C@@H]2CO[C@@H](c3ccccc3)O[C@H]2[C@@H]1OCc1ccccc1. The van der Waals surface area contributed by atoms with Gasteiger partial charge in [0.15, 0.2) is 25.2 Å². The van der Waals surface area contributed by atoms with Gasteiger partial charge in [-0.05, 0) is 63.5 Å². The van der Waals surface area contributed by atoms with Crippen LogP contribution in [0, 0.1) is 3.57 Å². The topological polar surface area (TPSA) is 113 Å². The van der Waals surface area contributed by atoms with Crippen molar-refractivity contribution in [3.63, 3.8) is 0 Å². The minimum atomic E-state index is -1.31. The van der Waals surface area contributed by atoms with E-state index in [0.29, 0.717) is 5.02 Å². The summed E-state index contributed by atoms with van der Waals surface area (Å²) in [5, 5.41) is 12.8. The first-order valence-electron chi connectivity index (χ1n) is 20.1. The highest BCUT2D eigenvalue weighted by Gasteiger charge is 2.56. The lowest BCUT2D eigenvalue weighted by molar-refractivity contribution is -0.419. The van der Waals surface area contributed by atoms with Crippen molar-refractivity contribution < 1.29 is 52.5 Å². The van der Waals surface area contributed by atoms with Crippen molar-refractivity contribution in [1.82, 2.24) is 0 Å². The molecule has 4 fully saturated rings. The van der Waals surface area contributed by atoms with Crippen molar-refractivity contribution in [2.24, 2.45) is 0 Å². The van der Waals surface area contributed by atoms with Crippen LogP contribution in [0.15, 0.2) is 140 Å². The molecule has 0 aliphatic carbocycles. The average molecular weight is 949 g/mol. The second-order valence-corrected chi connectivity index (χ2v) is 16.8. The number of aliphatic hydroxyl groups is 1. The molecular weight excluding hydrogens is 903 g/mol. The molecule has 1 N–H and O–H groups in total. The third kappa shape index (κ3) is 9.98. The Morgan fingerprint density at radius 3 is 1.53 bits per heavy atom. The maximum Gasteiger partial charge on any atom is 0.190 e. The summed E-state index contributed by atoms with van der Waals surface area (Å²) in [7, 11) is 0. The first-order chi connectivity index (χ1) is 29.4. The Bertz CT molecular complexity index is 2080. The second kappa shape index (κ2) is 19.8. The molecule has 9 rings (SSSR count). The first-order valence-corrected chi connectivity index (χ1v) is 21.6. The van der Waals surface area contributed by atoms with E-state index in [1.165, 1.54) is 0 Å². The molecule has 4 saturated heterocycles. The van der Waals surface area contributed by atoms with Gasteiger partial charge in [-0.3, -0.25) is 0 Å². The number of fused-ring (bicyclic) bond motifs is 2. The molecule has 4 aliphatic rings. The van der Waals surface area contributed by atoms with Gasteiger partial charge in [-0.25, -0.2) is 0 Å². The van der Waals surface area contributed by atoms with Crippen LogP contribution in [0.1, 0.15) is 40.4 Å². The zero-order valence-corrected chi connectivity index (χ0v) is 35.4. The summed E-state index contributed by atoms with van der Waals surface area (Å²) in [4.78, 5) is 0. The van der Waals surface area contributed by atoms with E-state index in [1.807, 2.05) is 140 Å². The Kier molecular flexibility index (Phi) is 13.9. The molecule has 11 nitrogen and oxygen atoms in total. The molecule has 60 heavy (non-hydrogen) atoms. The first kappa shape index (κ1) is 42.0. The molecule has 0 radical (unpaired) electrons. The van der Waals surface area contributed by atoms with Crippen LogP contribution in [0.2, 0.25) is 5.02 Å². The van der Waals surface area contributed by atoms with Gasteiger partial charge in [-0.15, -0.1) is 0 Å². The molecule has 0 amide bonds. The Hall–Kier alpha value is -3.32. The van der Waals surface area contributed by atoms with E-state index in [-0.39, 0.29) is 33.0 Å². The molecule has 5 aromatic rings. The molecule has 0 saturated carbocycles. The van der Waals surface area contributed by atoms with Crippen LogP contribution >= 0.6 is 34.2 Å². The van der Waals surface area contributed by atoms with Gasteiger partial charge in [0.25, 0.3) is 0 Å². The van der Waals surface area contributed by atoms with Crippen molar-refractivity contribution in [3.05, 3.63) is 176 Å². The van der Waals surface area contributed by atoms with Crippen LogP contribution in [-0.2, 0) is 67.2 Å². The fourth-order valence-electron chi connectivity index (χ4n) is 7.89. The van der Waals surface area contributed by atoms with Gasteiger partial charge in [0.05, 0.1) is 33.0 Å². The maximum atomic E-state index is 12.2. The summed E-state index contributed by atoms with van der Waals surface area (Å²) in [6, 6.07) is 44.7. The van der Waals surface area contributed by atoms with Gasteiger partial charge < -0.3 is 52.5 Å². The molecule has 4 aliphatic heterocycles. The molecular formula is C47H46ClIO11. The molecule has 4 heterocycles. The summed E-state index contributed by atoms with van der Waals surface area (Å²) in [6.07, 6.45) is -10.0. The van der Waals surface area contributed by atoms with Crippen LogP contribution < -0.4 is 0 Å². The third-order valence-electron chi connectivity index (χ3n) is 11.0. The Morgan fingerprint density at radius 2 is 0.967 bits per heavy atom. The number of rotatable bonds is 13. The van der Waals surface area contributed by atoms with Gasteiger partial charge in [0, 0.05) is 19.7 Å². The smallest absolute Gasteiger partial charge is 0.190 e. The van der Waals surface area contributed by atoms with E-state index in [2.05, 4.69) is 22.6 Å². The minimum absolute atomic E-state index is 0.167. The van der Waals surface area contributed by atoms with Crippen molar-refractivity contribution in [1.29, 1.82) is 0 Å². The van der Waals surface area contributed by atoms with E-state index in [1.54, 1.807) is 0 Å². The standard InChI is InChI=1S/C47H46ClIO11/c48-34-20-16-30(17-21-34)25-52-42-40-37(28-55-45(59-40)33-14-8-3-9-15-33)57-47(43(42)53-26-31-18-22-35(49)23-19-31)60-46-38(50)41(51-24-29-10-4-1-5-11-29)39-36(56-46)27-54-44(58-39)32-12-6-2-7-13-32/h1-23,36-47,50H,24-28H2/t36-,37-,38-,39-,40-,41-,42+,43-,44-,45-,46-,47-/m1/s1. The van der Waals surface area contributed by atoms with E-state index >= 15 is 0 Å². The van der Waals surface area contributed by atoms with Crippen LogP contribution in [0.5, 0.6) is 0 Å². The van der Waals surface area contributed by atoms with Gasteiger partial charge in [-0.1, -0.05) is 127 Å². The fourth-order valence-corrected chi connectivity index (χ4v) is 8.38. The van der Waals surface area contributed by atoms with E-state index in [9.17, 15) is 5.11 Å². The molecule has 0 unspecified atom stereocenters. The van der Waals surface area contributed by atoms with Crippen molar-refractivity contribution in [2.45, 2.75) is 93.8 Å². The Morgan fingerprint density at radius 1 is 0.517 bits per heavy atom. The largest absolute Gasteiger partial charge is 0.385 e. The van der Waals surface area contributed by atoms with Crippen molar-refractivity contribution in [2.75, 3.05) is 13.2 Å². The zero-order chi connectivity index (χ0) is 40.8. The van der Waals surface area contributed by atoms with Crippen molar-refractivity contribution >= 4 is 34.2 Å². The van der Waals surface area contributed by atoms with Gasteiger partial charge in [0.1, 0.15) is 48.8 Å². The molecule has 12 atom stereocenters. The summed E-state index contributed by atoms with van der Waals surface area (Å²) in [5.74, 6) is 0. The van der Waals surface area contributed by atoms with Gasteiger partial charge >= 0.3 is 0 Å². The number of benzene rings is 5. The molecule has 314 valence electrons. The molecule has 0 bridgehead atoms. The summed E-state index contributed by atoms with van der Waals surface area (Å²) >= 11 is 8.51. The Balaban J connectivity index is 1.01. The molecule has 0 aromatic heterocycles. The summed E-state index contributed by atoms with van der Waals surface area (Å²) < 4.78 is 66.9. The van der Waals surface area contributed by atoms with Gasteiger partial charge in [0.2, 0.25) is 0 Å². The normalized spacial score (nSPS) is 31.5. The highest BCUT2D eigenvalue weighted by molar-refractivity contribution is 14.1. The molecule has 5 aromatic carbocycles. The fraction of sp³-hybridized carbons (Fsp3) is 0.362. The number of halogens is 2. The molecule has 13 heteroatoms. The van der Waals surface area contributed by atoms with E-state index in [4.69, 9.17) is 59.0 Å². The summed E-state index contributed by atoms with van der Waals surface area (Å²) in [6.45, 7) is 1.01. The lowest BCUT2D eigenvalue weighted by Gasteiger charge is -2.51. The second-order valence-electron chi connectivity index (χ2n) is 15.1. The number of ether oxygens (including phenoxy) is 10. The Labute approximate surface area is 367 Å². The highest BCUT2D eigenvalue weighted by Crippen LogP contribution is 2.41. The van der Waals surface area contributed by atoms with Gasteiger partial charge in [-0.2, -0.15) is 0 Å². The highest BCUT2D eigenvalue weighted by atomic mass is 127. The van der Waals surface area contributed by atoms with Crippen LogP contribution in [0.3, 0.4) is 0 Å². The molecule has 0 spiro atoms. The third-order valence-corrected chi connectivity index (χ3v) is 12.0. The number of hydrogen-bond acceptors (Lipinski definition) is 11. The predicted octanol–water partition coefficient (Wildman–Crippen LogP) is 8.06. The predicted molar refractivity (Wildman–Crippen MR) is 227 cm³/mol.